The van der Waals surface area contributed by atoms with Crippen LogP contribution >= 0.6 is 7.14 Å². The SMILES string of the molecule is CC(C)(C)c1ccccc1P(=O)(c1ccccc1)c1ccccc1. The van der Waals surface area contributed by atoms with Crippen molar-refractivity contribution in [3.63, 3.8) is 0 Å². The van der Waals surface area contributed by atoms with E-state index in [1.54, 1.807) is 0 Å². The molecule has 24 heavy (non-hydrogen) atoms. The fourth-order valence-corrected chi connectivity index (χ4v) is 6.17. The summed E-state index contributed by atoms with van der Waals surface area (Å²) in [6.07, 6.45) is 0. The van der Waals surface area contributed by atoms with Gasteiger partial charge in [0, 0.05) is 15.9 Å². The Morgan fingerprint density at radius 1 is 0.625 bits per heavy atom. The molecule has 0 aliphatic rings. The van der Waals surface area contributed by atoms with Gasteiger partial charge in [-0.3, -0.25) is 0 Å². The van der Waals surface area contributed by atoms with Gasteiger partial charge in [0.15, 0.2) is 7.14 Å². The van der Waals surface area contributed by atoms with Gasteiger partial charge in [0.25, 0.3) is 0 Å². The van der Waals surface area contributed by atoms with Crippen molar-refractivity contribution >= 4 is 23.1 Å². The molecule has 0 spiro atoms. The van der Waals surface area contributed by atoms with E-state index in [4.69, 9.17) is 0 Å². The van der Waals surface area contributed by atoms with E-state index in [9.17, 15) is 4.57 Å². The summed E-state index contributed by atoms with van der Waals surface area (Å²) in [4.78, 5) is 0. The van der Waals surface area contributed by atoms with E-state index in [0.29, 0.717) is 0 Å². The second-order valence-corrected chi connectivity index (χ2v) is 9.78. The van der Waals surface area contributed by atoms with Crippen LogP contribution in [0.3, 0.4) is 0 Å². The summed E-state index contributed by atoms with van der Waals surface area (Å²) in [5.41, 5.74) is 1.07. The summed E-state index contributed by atoms with van der Waals surface area (Å²) in [7, 11) is -2.91. The molecule has 3 rings (SSSR count). The highest BCUT2D eigenvalue weighted by atomic mass is 31.2. The van der Waals surface area contributed by atoms with Gasteiger partial charge in [-0.25, -0.2) is 0 Å². The highest BCUT2D eigenvalue weighted by Gasteiger charge is 2.34. The molecule has 0 atom stereocenters. The van der Waals surface area contributed by atoms with E-state index < -0.39 is 7.14 Å². The van der Waals surface area contributed by atoms with Crippen LogP contribution in [0.1, 0.15) is 26.3 Å². The summed E-state index contributed by atoms with van der Waals surface area (Å²) in [5.74, 6) is 0. The quantitative estimate of drug-likeness (QED) is 0.639. The third-order valence-corrected chi connectivity index (χ3v) is 7.41. The maximum absolute atomic E-state index is 14.5. The molecule has 0 aromatic heterocycles. The van der Waals surface area contributed by atoms with Crippen LogP contribution in [0.5, 0.6) is 0 Å². The van der Waals surface area contributed by atoms with Crippen molar-refractivity contribution in [1.29, 1.82) is 0 Å². The zero-order valence-corrected chi connectivity index (χ0v) is 15.3. The van der Waals surface area contributed by atoms with Crippen LogP contribution in [-0.2, 0) is 9.98 Å². The molecule has 0 saturated carbocycles. The van der Waals surface area contributed by atoms with Gasteiger partial charge in [0.05, 0.1) is 0 Å². The lowest BCUT2D eigenvalue weighted by molar-refractivity contribution is 0.583. The lowest BCUT2D eigenvalue weighted by Gasteiger charge is -2.28. The fourth-order valence-electron chi connectivity index (χ4n) is 3.09. The first kappa shape index (κ1) is 16.7. The molecular weight excluding hydrogens is 311 g/mol. The molecule has 0 unspecified atom stereocenters. The Bertz CT molecular complexity index is 818. The maximum atomic E-state index is 14.5. The minimum atomic E-state index is -2.91. The van der Waals surface area contributed by atoms with Crippen molar-refractivity contribution in [3.8, 4) is 0 Å². The van der Waals surface area contributed by atoms with Crippen LogP contribution in [0.25, 0.3) is 0 Å². The third kappa shape index (κ3) is 2.97. The van der Waals surface area contributed by atoms with Crippen LogP contribution in [0, 0.1) is 0 Å². The second kappa shape index (κ2) is 6.42. The maximum Gasteiger partial charge on any atom is 0.171 e. The molecule has 0 saturated heterocycles. The zero-order valence-electron chi connectivity index (χ0n) is 14.4. The first-order valence-corrected chi connectivity index (χ1v) is 9.96. The lowest BCUT2D eigenvalue weighted by atomic mass is 9.87. The molecule has 0 bridgehead atoms. The van der Waals surface area contributed by atoms with E-state index in [-0.39, 0.29) is 5.41 Å². The van der Waals surface area contributed by atoms with Gasteiger partial charge in [-0.2, -0.15) is 0 Å². The Kier molecular flexibility index (Phi) is 4.47. The predicted molar refractivity (Wildman–Crippen MR) is 105 cm³/mol. The molecule has 0 N–H and O–H groups in total. The van der Waals surface area contributed by atoms with Crippen LogP contribution in [0.15, 0.2) is 84.9 Å². The molecule has 122 valence electrons. The molecule has 3 aromatic rings. The molecule has 0 radical (unpaired) electrons. The summed E-state index contributed by atoms with van der Waals surface area (Å²) in [6.45, 7) is 6.52. The molecule has 0 aliphatic carbocycles. The Morgan fingerprint density at radius 2 is 1.04 bits per heavy atom. The summed E-state index contributed by atoms with van der Waals surface area (Å²) >= 11 is 0. The summed E-state index contributed by atoms with van der Waals surface area (Å²) in [6, 6.07) is 27.9. The molecule has 0 amide bonds. The summed E-state index contributed by atoms with van der Waals surface area (Å²) in [5, 5.41) is 2.70. The predicted octanol–water partition coefficient (Wildman–Crippen LogP) is 4.62. The van der Waals surface area contributed by atoms with E-state index in [1.807, 2.05) is 78.9 Å². The Morgan fingerprint density at radius 3 is 1.50 bits per heavy atom. The van der Waals surface area contributed by atoms with Crippen molar-refractivity contribution < 1.29 is 4.57 Å². The van der Waals surface area contributed by atoms with Crippen LogP contribution in [-0.4, -0.2) is 0 Å². The first-order valence-electron chi connectivity index (χ1n) is 8.25. The van der Waals surface area contributed by atoms with Crippen molar-refractivity contribution in [2.45, 2.75) is 26.2 Å². The third-order valence-electron chi connectivity index (χ3n) is 4.29. The molecule has 0 fully saturated rings. The van der Waals surface area contributed by atoms with Gasteiger partial charge in [0.2, 0.25) is 0 Å². The normalized spacial score (nSPS) is 12.1. The number of benzene rings is 3. The van der Waals surface area contributed by atoms with Gasteiger partial charge >= 0.3 is 0 Å². The number of rotatable bonds is 3. The topological polar surface area (TPSA) is 17.1 Å². The van der Waals surface area contributed by atoms with Crippen LogP contribution < -0.4 is 15.9 Å². The van der Waals surface area contributed by atoms with E-state index >= 15 is 0 Å². The average Bonchev–Trinajstić information content (AvgIpc) is 2.62. The largest absolute Gasteiger partial charge is 0.309 e. The van der Waals surface area contributed by atoms with E-state index in [0.717, 1.165) is 21.5 Å². The number of hydrogen-bond donors (Lipinski definition) is 0. The van der Waals surface area contributed by atoms with Gasteiger partial charge < -0.3 is 4.57 Å². The fraction of sp³-hybridized carbons (Fsp3) is 0.182. The Balaban J connectivity index is 2.36. The molecule has 0 heterocycles. The standard InChI is InChI=1S/C22H23OP/c1-22(2,3)20-16-10-11-17-21(20)24(23,18-12-6-4-7-13-18)19-14-8-5-9-15-19/h4-17H,1-3H3. The minimum absolute atomic E-state index is 0.0736. The summed E-state index contributed by atoms with van der Waals surface area (Å²) < 4.78 is 14.5. The zero-order chi connectivity index (χ0) is 17.2. The van der Waals surface area contributed by atoms with Gasteiger partial charge in [-0.05, 0) is 11.0 Å². The highest BCUT2D eigenvalue weighted by Crippen LogP contribution is 2.44. The van der Waals surface area contributed by atoms with Gasteiger partial charge in [0.1, 0.15) is 0 Å². The van der Waals surface area contributed by atoms with Crippen molar-refractivity contribution in [2.75, 3.05) is 0 Å². The monoisotopic (exact) mass is 334 g/mol. The molecule has 3 aromatic carbocycles. The molecular formula is C22H23OP. The molecule has 1 nitrogen and oxygen atoms in total. The highest BCUT2D eigenvalue weighted by molar-refractivity contribution is 7.85. The Labute approximate surface area is 144 Å². The molecule has 0 aliphatic heterocycles. The van der Waals surface area contributed by atoms with Crippen molar-refractivity contribution in [3.05, 3.63) is 90.5 Å². The second-order valence-electron chi connectivity index (χ2n) is 7.05. The van der Waals surface area contributed by atoms with Crippen LogP contribution in [0.4, 0.5) is 0 Å². The van der Waals surface area contributed by atoms with E-state index in [1.165, 1.54) is 0 Å². The van der Waals surface area contributed by atoms with Gasteiger partial charge in [-0.15, -0.1) is 0 Å². The number of hydrogen-bond acceptors (Lipinski definition) is 1. The molecule has 2 heteroatoms. The van der Waals surface area contributed by atoms with Gasteiger partial charge in [-0.1, -0.05) is 106 Å². The Hall–Kier alpha value is -2.11. The average molecular weight is 334 g/mol. The lowest BCUT2D eigenvalue weighted by Crippen LogP contribution is -2.31. The first-order chi connectivity index (χ1) is 11.4. The minimum Gasteiger partial charge on any atom is -0.309 e. The van der Waals surface area contributed by atoms with E-state index in [2.05, 4.69) is 26.8 Å². The smallest absolute Gasteiger partial charge is 0.171 e. The van der Waals surface area contributed by atoms with Crippen molar-refractivity contribution in [2.24, 2.45) is 0 Å². The van der Waals surface area contributed by atoms with Crippen molar-refractivity contribution in [1.82, 2.24) is 0 Å². The van der Waals surface area contributed by atoms with Crippen LogP contribution in [0.2, 0.25) is 0 Å².